The van der Waals surface area contributed by atoms with Gasteiger partial charge in [0.05, 0.1) is 12.7 Å². The summed E-state index contributed by atoms with van der Waals surface area (Å²) in [6.45, 7) is 5.16. The van der Waals surface area contributed by atoms with Crippen LogP contribution in [0.4, 0.5) is 10.6 Å². The molecule has 0 spiro atoms. The Bertz CT molecular complexity index is 593. The molecule has 1 amide bonds. The van der Waals surface area contributed by atoms with Crippen LogP contribution in [0.5, 0.6) is 0 Å². The lowest BCUT2D eigenvalue weighted by Crippen LogP contribution is -2.30. The third kappa shape index (κ3) is 4.28. The van der Waals surface area contributed by atoms with Gasteiger partial charge >= 0.3 is 11.8 Å². The fourth-order valence-electron chi connectivity index (χ4n) is 2.14. The number of rotatable bonds is 3. The minimum absolute atomic E-state index is 0.0725. The molecule has 122 valence electrons. The van der Waals surface area contributed by atoms with Gasteiger partial charge in [-0.05, 0) is 39.7 Å². The van der Waals surface area contributed by atoms with E-state index in [1.54, 1.807) is 20.8 Å². The van der Waals surface area contributed by atoms with Gasteiger partial charge in [0.1, 0.15) is 17.6 Å². The van der Waals surface area contributed by atoms with Crippen LogP contribution < -0.4 is 11.0 Å². The van der Waals surface area contributed by atoms with Crippen LogP contribution in [-0.4, -0.2) is 39.1 Å². The molecule has 1 aliphatic heterocycles. The van der Waals surface area contributed by atoms with Crippen molar-refractivity contribution in [2.24, 2.45) is 0 Å². The molecule has 2 rings (SSSR count). The molecule has 2 heterocycles. The van der Waals surface area contributed by atoms with E-state index in [9.17, 15) is 9.59 Å². The number of nitrogens with zero attached hydrogens (tertiary/aromatic N) is 2. The van der Waals surface area contributed by atoms with Crippen molar-refractivity contribution < 1.29 is 19.4 Å². The van der Waals surface area contributed by atoms with Crippen LogP contribution in [0.1, 0.15) is 39.8 Å². The molecule has 2 atom stereocenters. The molecule has 0 radical (unpaired) electrons. The number of ether oxygens (including phenoxy) is 2. The number of aliphatic hydroxyl groups excluding tert-OH is 1. The van der Waals surface area contributed by atoms with Crippen molar-refractivity contribution in [3.05, 3.63) is 22.7 Å². The average Bonchev–Trinajstić information content (AvgIpc) is 2.85. The lowest BCUT2D eigenvalue weighted by atomic mass is 10.2. The minimum atomic E-state index is -0.672. The van der Waals surface area contributed by atoms with E-state index in [1.807, 2.05) is 0 Å². The van der Waals surface area contributed by atoms with Crippen LogP contribution in [0.15, 0.2) is 17.1 Å². The lowest BCUT2D eigenvalue weighted by molar-refractivity contribution is -0.0245. The molecule has 8 nitrogen and oxygen atoms in total. The maximum Gasteiger partial charge on any atom is 0.413 e. The normalized spacial score (nSPS) is 21.6. The first kappa shape index (κ1) is 16.4. The highest BCUT2D eigenvalue weighted by atomic mass is 16.6. The number of carbonyl (C=O) groups is 1. The van der Waals surface area contributed by atoms with E-state index in [1.165, 1.54) is 16.8 Å². The first-order chi connectivity index (χ1) is 10.3. The fourth-order valence-corrected chi connectivity index (χ4v) is 2.14. The fraction of sp³-hybridized carbons (Fsp3) is 0.643. The Morgan fingerprint density at radius 2 is 2.27 bits per heavy atom. The van der Waals surface area contributed by atoms with Gasteiger partial charge in [0.2, 0.25) is 0 Å². The Morgan fingerprint density at radius 3 is 2.82 bits per heavy atom. The van der Waals surface area contributed by atoms with E-state index in [0.717, 1.165) is 0 Å². The van der Waals surface area contributed by atoms with E-state index >= 15 is 0 Å². The maximum atomic E-state index is 12.0. The molecule has 2 unspecified atom stereocenters. The van der Waals surface area contributed by atoms with Crippen LogP contribution in [0, 0.1) is 0 Å². The van der Waals surface area contributed by atoms with Gasteiger partial charge in [-0.25, -0.2) is 9.59 Å². The van der Waals surface area contributed by atoms with Crippen molar-refractivity contribution >= 4 is 11.9 Å². The number of carbonyl (C=O) groups excluding carboxylic acids is 1. The van der Waals surface area contributed by atoms with Gasteiger partial charge in [-0.2, -0.15) is 4.98 Å². The standard InChI is InChI=1S/C14H21N3O5/c1-14(2,3)22-13(20)16-10-6-7-17(12(19)15-10)11-5-4-9(8-18)21-11/h6-7,9,11,18H,4-5,8H2,1-3H3,(H,15,16,19,20). The zero-order valence-electron chi connectivity index (χ0n) is 12.9. The second-order valence-electron chi connectivity index (χ2n) is 6.10. The van der Waals surface area contributed by atoms with Crippen LogP contribution in [0.3, 0.4) is 0 Å². The van der Waals surface area contributed by atoms with Crippen molar-refractivity contribution in [2.45, 2.75) is 51.5 Å². The number of amides is 1. The van der Waals surface area contributed by atoms with E-state index in [2.05, 4.69) is 10.3 Å². The molecular weight excluding hydrogens is 290 g/mol. The predicted molar refractivity (Wildman–Crippen MR) is 78.6 cm³/mol. The molecule has 0 bridgehead atoms. The minimum Gasteiger partial charge on any atom is -0.444 e. The number of hydrogen-bond donors (Lipinski definition) is 2. The summed E-state index contributed by atoms with van der Waals surface area (Å²) in [5.74, 6) is 0.118. The first-order valence-electron chi connectivity index (χ1n) is 7.14. The zero-order chi connectivity index (χ0) is 16.3. The maximum absolute atomic E-state index is 12.0. The zero-order valence-corrected chi connectivity index (χ0v) is 12.9. The number of anilines is 1. The Kier molecular flexibility index (Phi) is 4.82. The molecule has 1 aliphatic rings. The molecule has 1 fully saturated rings. The monoisotopic (exact) mass is 311 g/mol. The summed E-state index contributed by atoms with van der Waals surface area (Å²) in [4.78, 5) is 27.4. The van der Waals surface area contributed by atoms with Crippen LogP contribution in [0.2, 0.25) is 0 Å². The van der Waals surface area contributed by atoms with E-state index < -0.39 is 23.6 Å². The largest absolute Gasteiger partial charge is 0.444 e. The molecule has 2 N–H and O–H groups in total. The van der Waals surface area contributed by atoms with Gasteiger partial charge < -0.3 is 14.6 Å². The summed E-state index contributed by atoms with van der Waals surface area (Å²) in [5.41, 5.74) is -1.16. The summed E-state index contributed by atoms with van der Waals surface area (Å²) in [5, 5.41) is 11.5. The van der Waals surface area contributed by atoms with Crippen molar-refractivity contribution in [3.8, 4) is 0 Å². The molecule has 0 aromatic carbocycles. The number of aliphatic hydroxyl groups is 1. The van der Waals surface area contributed by atoms with E-state index in [4.69, 9.17) is 14.6 Å². The highest BCUT2D eigenvalue weighted by Gasteiger charge is 2.27. The third-order valence-electron chi connectivity index (χ3n) is 3.06. The molecule has 1 saturated heterocycles. The number of nitrogens with one attached hydrogen (secondary N) is 1. The van der Waals surface area contributed by atoms with Gasteiger partial charge in [0, 0.05) is 6.20 Å². The number of aromatic nitrogens is 2. The van der Waals surface area contributed by atoms with Gasteiger partial charge in [-0.15, -0.1) is 0 Å². The summed E-state index contributed by atoms with van der Waals surface area (Å²) in [7, 11) is 0. The topological polar surface area (TPSA) is 103 Å². The summed E-state index contributed by atoms with van der Waals surface area (Å²) >= 11 is 0. The quantitative estimate of drug-likeness (QED) is 0.871. The molecule has 8 heteroatoms. The summed E-state index contributed by atoms with van der Waals surface area (Å²) in [6.07, 6.45) is 1.46. The predicted octanol–water partition coefficient (Wildman–Crippen LogP) is 1.26. The van der Waals surface area contributed by atoms with E-state index in [-0.39, 0.29) is 18.5 Å². The second-order valence-corrected chi connectivity index (χ2v) is 6.10. The van der Waals surface area contributed by atoms with Crippen LogP contribution >= 0.6 is 0 Å². The second kappa shape index (κ2) is 6.45. The molecular formula is C14H21N3O5. The number of hydrogen-bond acceptors (Lipinski definition) is 6. The lowest BCUT2D eigenvalue weighted by Gasteiger charge is -2.19. The van der Waals surface area contributed by atoms with Crippen LogP contribution in [-0.2, 0) is 9.47 Å². The Morgan fingerprint density at radius 1 is 1.55 bits per heavy atom. The van der Waals surface area contributed by atoms with Crippen LogP contribution in [0.25, 0.3) is 0 Å². The summed E-state index contributed by atoms with van der Waals surface area (Å²) in [6, 6.07) is 1.50. The van der Waals surface area contributed by atoms with Gasteiger partial charge in [0.25, 0.3) is 0 Å². The van der Waals surface area contributed by atoms with E-state index in [0.29, 0.717) is 12.8 Å². The highest BCUT2D eigenvalue weighted by molar-refractivity contribution is 5.83. The highest BCUT2D eigenvalue weighted by Crippen LogP contribution is 2.26. The molecule has 1 aromatic rings. The smallest absolute Gasteiger partial charge is 0.413 e. The third-order valence-corrected chi connectivity index (χ3v) is 3.06. The summed E-state index contributed by atoms with van der Waals surface area (Å²) < 4.78 is 12.0. The Labute approximate surface area is 128 Å². The Balaban J connectivity index is 2.04. The van der Waals surface area contributed by atoms with Crippen molar-refractivity contribution in [2.75, 3.05) is 11.9 Å². The van der Waals surface area contributed by atoms with Crippen molar-refractivity contribution in [1.82, 2.24) is 9.55 Å². The van der Waals surface area contributed by atoms with Gasteiger partial charge in [0.15, 0.2) is 0 Å². The SMILES string of the molecule is CC(C)(C)OC(=O)Nc1ccn(C2CCC(CO)O2)c(=O)n1. The molecule has 22 heavy (non-hydrogen) atoms. The van der Waals surface area contributed by atoms with Crippen molar-refractivity contribution in [1.29, 1.82) is 0 Å². The molecule has 0 aliphatic carbocycles. The van der Waals surface area contributed by atoms with Gasteiger partial charge in [-0.3, -0.25) is 9.88 Å². The molecule has 0 saturated carbocycles. The average molecular weight is 311 g/mol. The van der Waals surface area contributed by atoms with Crippen molar-refractivity contribution in [3.63, 3.8) is 0 Å². The molecule has 1 aromatic heterocycles. The van der Waals surface area contributed by atoms with Gasteiger partial charge in [-0.1, -0.05) is 0 Å². The Hall–Kier alpha value is -1.93. The first-order valence-corrected chi connectivity index (χ1v) is 7.14.